The van der Waals surface area contributed by atoms with Gasteiger partial charge in [0.05, 0.1) is 22.8 Å². The first-order valence-corrected chi connectivity index (χ1v) is 17.1. The minimum Gasteiger partial charge on any atom is -0.371 e. The first-order valence-electron chi connectivity index (χ1n) is 17.1. The highest BCUT2D eigenvalue weighted by atomic mass is 19.4. The Hall–Kier alpha value is -5.03. The number of hydrogen-bond acceptors (Lipinski definition) is 6. The van der Waals surface area contributed by atoms with Crippen molar-refractivity contribution in [1.29, 1.82) is 0 Å². The van der Waals surface area contributed by atoms with Crippen LogP contribution in [0.5, 0.6) is 0 Å². The maximum atomic E-state index is 14.8. The zero-order valence-corrected chi connectivity index (χ0v) is 27.7. The van der Waals surface area contributed by atoms with E-state index < -0.39 is 23.7 Å². The lowest BCUT2D eigenvalue weighted by Crippen LogP contribution is -2.50. The van der Waals surface area contributed by atoms with Crippen LogP contribution in [0, 0.1) is 11.8 Å². The summed E-state index contributed by atoms with van der Waals surface area (Å²) in [5, 5.41) is 0.988. The van der Waals surface area contributed by atoms with E-state index in [4.69, 9.17) is 0 Å². The summed E-state index contributed by atoms with van der Waals surface area (Å²) in [7, 11) is 2.03. The fourth-order valence-corrected chi connectivity index (χ4v) is 7.77. The molecule has 4 aromatic rings. The molecule has 11 heteroatoms. The fraction of sp³-hybridized carbons (Fsp3) is 0.333. The van der Waals surface area contributed by atoms with Crippen LogP contribution in [0.3, 0.4) is 0 Å². The molecule has 2 atom stereocenters. The van der Waals surface area contributed by atoms with Crippen molar-refractivity contribution in [3.8, 4) is 11.1 Å². The van der Waals surface area contributed by atoms with Crippen LogP contribution in [0.25, 0.3) is 22.0 Å². The first kappa shape index (κ1) is 32.2. The number of carbonyl (C=O) groups is 2. The molecule has 0 saturated carbocycles. The molecule has 0 aliphatic carbocycles. The second-order valence-corrected chi connectivity index (χ2v) is 13.6. The van der Waals surface area contributed by atoms with Crippen molar-refractivity contribution >= 4 is 46.0 Å². The Bertz CT molecular complexity index is 2030. The van der Waals surface area contributed by atoms with Gasteiger partial charge in [0, 0.05) is 97.5 Å². The van der Waals surface area contributed by atoms with Gasteiger partial charge in [-0.15, -0.1) is 0 Å². The number of halogens is 3. The van der Waals surface area contributed by atoms with Gasteiger partial charge in [-0.05, 0) is 67.9 Å². The summed E-state index contributed by atoms with van der Waals surface area (Å²) >= 11 is 0. The van der Waals surface area contributed by atoms with Crippen molar-refractivity contribution in [2.45, 2.75) is 25.1 Å². The van der Waals surface area contributed by atoms with Gasteiger partial charge >= 0.3 is 6.18 Å². The molecule has 8 rings (SSSR count). The molecular formula is C39H37F3N6O2. The van der Waals surface area contributed by atoms with Crippen molar-refractivity contribution in [2.24, 2.45) is 16.8 Å². The molecular weight excluding hydrogens is 641 g/mol. The summed E-state index contributed by atoms with van der Waals surface area (Å²) in [6.45, 7) is 3.70. The highest BCUT2D eigenvalue weighted by molar-refractivity contribution is 6.05. The van der Waals surface area contributed by atoms with Gasteiger partial charge in [-0.25, -0.2) is 0 Å². The number of piperazine rings is 1. The number of aliphatic imine (C=N–C) groups is 1. The monoisotopic (exact) mass is 678 g/mol. The second kappa shape index (κ2) is 12.7. The SMILES string of the molecule is CN1CCN(C(=O)C2CCN(c3ccc(N4C(=O)C=CC5C=Nc6ccc(-c7cnc8ccccc8c7)cc6C54)cc3C(F)(F)F)CC2)CC1. The highest BCUT2D eigenvalue weighted by Gasteiger charge is 2.41. The Balaban J connectivity index is 1.09. The van der Waals surface area contributed by atoms with Crippen LogP contribution >= 0.6 is 0 Å². The van der Waals surface area contributed by atoms with Crippen molar-refractivity contribution < 1.29 is 22.8 Å². The van der Waals surface area contributed by atoms with Crippen LogP contribution in [0.4, 0.5) is 30.2 Å². The van der Waals surface area contributed by atoms with Gasteiger partial charge in [0.1, 0.15) is 0 Å². The molecule has 4 aliphatic rings. The van der Waals surface area contributed by atoms with Crippen LogP contribution < -0.4 is 9.80 Å². The third-order valence-electron chi connectivity index (χ3n) is 10.6. The summed E-state index contributed by atoms with van der Waals surface area (Å²) in [6, 6.07) is 19.3. The van der Waals surface area contributed by atoms with Crippen molar-refractivity contribution in [1.82, 2.24) is 14.8 Å². The third-order valence-corrected chi connectivity index (χ3v) is 10.6. The Morgan fingerprint density at radius 3 is 2.44 bits per heavy atom. The molecule has 2 unspecified atom stereocenters. The van der Waals surface area contributed by atoms with Crippen LogP contribution in [-0.4, -0.2) is 79.1 Å². The quantitative estimate of drug-likeness (QED) is 0.235. The average Bonchev–Trinajstić information content (AvgIpc) is 3.14. The molecule has 2 fully saturated rings. The molecule has 0 N–H and O–H groups in total. The lowest BCUT2D eigenvalue weighted by atomic mass is 9.84. The lowest BCUT2D eigenvalue weighted by Gasteiger charge is -2.40. The number of hydrogen-bond donors (Lipinski definition) is 0. The number of para-hydroxylation sites is 1. The predicted molar refractivity (Wildman–Crippen MR) is 189 cm³/mol. The maximum absolute atomic E-state index is 14.8. The van der Waals surface area contributed by atoms with E-state index in [-0.39, 0.29) is 29.1 Å². The van der Waals surface area contributed by atoms with Crippen LogP contribution in [0.1, 0.15) is 30.0 Å². The van der Waals surface area contributed by atoms with Gasteiger partial charge in [0.25, 0.3) is 5.91 Å². The largest absolute Gasteiger partial charge is 0.418 e. The summed E-state index contributed by atoms with van der Waals surface area (Å²) in [5.74, 6) is -0.807. The number of carbonyl (C=O) groups excluding carboxylic acids is 2. The van der Waals surface area contributed by atoms with Gasteiger partial charge in [0.15, 0.2) is 0 Å². The summed E-state index contributed by atoms with van der Waals surface area (Å²) in [4.78, 5) is 43.3. The number of alkyl halides is 3. The topological polar surface area (TPSA) is 72.3 Å². The normalized spacial score (nSPS) is 21.4. The Labute approximate surface area is 288 Å². The minimum absolute atomic E-state index is 0.0694. The molecule has 1 aromatic heterocycles. The van der Waals surface area contributed by atoms with Gasteiger partial charge in [-0.3, -0.25) is 19.6 Å². The number of anilines is 2. The molecule has 2 amide bonds. The van der Waals surface area contributed by atoms with E-state index in [0.717, 1.165) is 46.7 Å². The maximum Gasteiger partial charge on any atom is 0.418 e. The number of piperidine rings is 1. The number of fused-ring (bicyclic) bond motifs is 4. The van der Waals surface area contributed by atoms with E-state index in [1.54, 1.807) is 29.5 Å². The molecule has 0 bridgehead atoms. The van der Waals surface area contributed by atoms with Crippen LogP contribution in [0.15, 0.2) is 90.1 Å². The van der Waals surface area contributed by atoms with Gasteiger partial charge < -0.3 is 19.6 Å². The van der Waals surface area contributed by atoms with E-state index in [0.29, 0.717) is 44.7 Å². The van der Waals surface area contributed by atoms with Gasteiger partial charge in [0.2, 0.25) is 5.91 Å². The Kier molecular flexibility index (Phi) is 8.17. The number of amides is 2. The van der Waals surface area contributed by atoms with Crippen molar-refractivity contribution in [3.63, 3.8) is 0 Å². The molecule has 5 heterocycles. The summed E-state index contributed by atoms with van der Waals surface area (Å²) < 4.78 is 44.4. The minimum atomic E-state index is -4.66. The molecule has 256 valence electrons. The number of aromatic nitrogens is 1. The third kappa shape index (κ3) is 5.93. The molecule has 3 aromatic carbocycles. The van der Waals surface area contributed by atoms with E-state index >= 15 is 0 Å². The van der Waals surface area contributed by atoms with Gasteiger partial charge in [-0.2, -0.15) is 13.2 Å². The molecule has 4 aliphatic heterocycles. The second-order valence-electron chi connectivity index (χ2n) is 13.6. The zero-order chi connectivity index (χ0) is 34.6. The van der Waals surface area contributed by atoms with E-state index in [9.17, 15) is 22.8 Å². The van der Waals surface area contributed by atoms with E-state index in [1.807, 2.05) is 54.4 Å². The molecule has 0 spiro atoms. The van der Waals surface area contributed by atoms with Gasteiger partial charge in [-0.1, -0.05) is 30.3 Å². The smallest absolute Gasteiger partial charge is 0.371 e. The fourth-order valence-electron chi connectivity index (χ4n) is 7.77. The van der Waals surface area contributed by atoms with E-state index in [1.165, 1.54) is 17.0 Å². The lowest BCUT2D eigenvalue weighted by molar-refractivity contribution is -0.138. The molecule has 8 nitrogen and oxygen atoms in total. The predicted octanol–water partition coefficient (Wildman–Crippen LogP) is 6.89. The van der Waals surface area contributed by atoms with E-state index in [2.05, 4.69) is 20.9 Å². The van der Waals surface area contributed by atoms with Crippen molar-refractivity contribution in [3.05, 3.63) is 96.2 Å². The van der Waals surface area contributed by atoms with Crippen LogP contribution in [0.2, 0.25) is 0 Å². The number of benzene rings is 3. The number of pyridine rings is 1. The van der Waals surface area contributed by atoms with Crippen molar-refractivity contribution in [2.75, 3.05) is 56.1 Å². The molecule has 0 radical (unpaired) electrons. The zero-order valence-electron chi connectivity index (χ0n) is 27.7. The molecule has 50 heavy (non-hydrogen) atoms. The number of likely N-dealkylation sites (N-methyl/N-ethyl adjacent to an activating group) is 1. The summed E-state index contributed by atoms with van der Waals surface area (Å²) in [6.07, 6.45) is 3.08. The standard InChI is InChI=1S/C39H37F3N6O2/c1-45-16-18-47(19-17-45)38(50)25-12-14-46(15-13-25)35-10-8-30(22-32(35)39(40,41)42)48-36(49)11-7-28-23-44-34-9-6-26(21-31(34)37(28)48)29-20-27-4-2-3-5-33(27)43-24-29/h2-11,20-25,28,37H,12-19H2,1H3. The first-order chi connectivity index (χ1) is 24.1. The highest BCUT2D eigenvalue weighted by Crippen LogP contribution is 2.47. The summed E-state index contributed by atoms with van der Waals surface area (Å²) in [5.41, 5.74) is 3.51. The Morgan fingerprint density at radius 2 is 1.66 bits per heavy atom. The van der Waals surface area contributed by atoms with Crippen LogP contribution in [-0.2, 0) is 15.8 Å². The Morgan fingerprint density at radius 1 is 0.880 bits per heavy atom. The molecule has 2 saturated heterocycles. The number of rotatable bonds is 4. The average molecular weight is 679 g/mol. The number of nitrogens with zero attached hydrogens (tertiary/aromatic N) is 6.